The van der Waals surface area contributed by atoms with Crippen molar-refractivity contribution in [1.29, 1.82) is 0 Å². The number of hydrogen-bond acceptors (Lipinski definition) is 2. The van der Waals surface area contributed by atoms with Crippen LogP contribution in [0.5, 0.6) is 0 Å². The fourth-order valence-electron chi connectivity index (χ4n) is 2.35. The lowest BCUT2D eigenvalue weighted by Gasteiger charge is -2.27. The van der Waals surface area contributed by atoms with Crippen molar-refractivity contribution in [2.75, 3.05) is 20.2 Å². The van der Waals surface area contributed by atoms with Gasteiger partial charge in [0, 0.05) is 31.6 Å². The zero-order valence-electron chi connectivity index (χ0n) is 11.3. The first-order valence-corrected chi connectivity index (χ1v) is 7.26. The van der Waals surface area contributed by atoms with Crippen molar-refractivity contribution in [3.8, 4) is 0 Å². The number of carbonyl (C=O) groups excluding carboxylic acids is 1. The summed E-state index contributed by atoms with van der Waals surface area (Å²) >= 11 is 5.79. The maximum absolute atomic E-state index is 12.3. The van der Waals surface area contributed by atoms with Crippen LogP contribution in [-0.2, 0) is 10.6 Å². The predicted octanol–water partition coefficient (Wildman–Crippen LogP) is 3.07. The van der Waals surface area contributed by atoms with E-state index in [0.29, 0.717) is 18.0 Å². The minimum absolute atomic E-state index is 0.0288. The van der Waals surface area contributed by atoms with Gasteiger partial charge in [-0.05, 0) is 37.0 Å². The van der Waals surface area contributed by atoms with E-state index in [1.54, 1.807) is 4.90 Å². The molecule has 4 heteroatoms. The number of benzene rings is 1. The third-order valence-corrected chi connectivity index (χ3v) is 3.74. The molecule has 0 N–H and O–H groups in total. The number of hydrogen-bond donors (Lipinski definition) is 0. The summed E-state index contributed by atoms with van der Waals surface area (Å²) < 4.78 is 5.66. The van der Waals surface area contributed by atoms with Gasteiger partial charge in [0.05, 0.1) is 6.10 Å². The highest BCUT2D eigenvalue weighted by Gasteiger charge is 2.19. The highest BCUT2D eigenvalue weighted by atomic mass is 35.5. The Morgan fingerprint density at radius 3 is 3.00 bits per heavy atom. The SMILES string of the molecule is CN(CC1CCCCO1)C(=O)c1cccc(CCl)c1. The largest absolute Gasteiger partial charge is 0.376 e. The molecule has 19 heavy (non-hydrogen) atoms. The van der Waals surface area contributed by atoms with Crippen molar-refractivity contribution >= 4 is 17.5 Å². The number of alkyl halides is 1. The fourth-order valence-corrected chi connectivity index (χ4v) is 2.51. The van der Waals surface area contributed by atoms with E-state index >= 15 is 0 Å². The van der Waals surface area contributed by atoms with Crippen molar-refractivity contribution in [1.82, 2.24) is 4.90 Å². The van der Waals surface area contributed by atoms with Crippen LogP contribution >= 0.6 is 11.6 Å². The zero-order valence-corrected chi connectivity index (χ0v) is 12.0. The fraction of sp³-hybridized carbons (Fsp3) is 0.533. The van der Waals surface area contributed by atoms with Crippen LogP contribution in [0.1, 0.15) is 35.2 Å². The van der Waals surface area contributed by atoms with E-state index in [1.165, 1.54) is 6.42 Å². The monoisotopic (exact) mass is 281 g/mol. The van der Waals surface area contributed by atoms with Gasteiger partial charge < -0.3 is 9.64 Å². The number of carbonyl (C=O) groups is 1. The average molecular weight is 282 g/mol. The lowest BCUT2D eigenvalue weighted by molar-refractivity contribution is -0.000188. The van der Waals surface area contributed by atoms with Crippen molar-refractivity contribution in [2.24, 2.45) is 0 Å². The quantitative estimate of drug-likeness (QED) is 0.794. The van der Waals surface area contributed by atoms with Gasteiger partial charge in [-0.25, -0.2) is 0 Å². The summed E-state index contributed by atoms with van der Waals surface area (Å²) in [6.07, 6.45) is 3.54. The second kappa shape index (κ2) is 6.92. The normalized spacial score (nSPS) is 19.2. The van der Waals surface area contributed by atoms with Crippen LogP contribution in [-0.4, -0.2) is 37.1 Å². The molecule has 1 aromatic carbocycles. The van der Waals surface area contributed by atoms with Crippen LogP contribution in [0.3, 0.4) is 0 Å². The number of amides is 1. The Labute approximate surface area is 119 Å². The van der Waals surface area contributed by atoms with Gasteiger partial charge in [0.15, 0.2) is 0 Å². The summed E-state index contributed by atoms with van der Waals surface area (Å²) in [7, 11) is 1.83. The summed E-state index contributed by atoms with van der Waals surface area (Å²) in [5, 5.41) is 0. The Morgan fingerprint density at radius 1 is 1.47 bits per heavy atom. The lowest BCUT2D eigenvalue weighted by Crippen LogP contribution is -2.37. The van der Waals surface area contributed by atoms with Gasteiger partial charge in [-0.3, -0.25) is 4.79 Å². The van der Waals surface area contributed by atoms with Gasteiger partial charge in [0.25, 0.3) is 5.91 Å². The minimum atomic E-state index is 0.0288. The molecule has 1 atom stereocenters. The molecule has 0 bridgehead atoms. The van der Waals surface area contributed by atoms with Gasteiger partial charge in [-0.1, -0.05) is 12.1 Å². The first-order valence-electron chi connectivity index (χ1n) is 6.72. The zero-order chi connectivity index (χ0) is 13.7. The molecular formula is C15H20ClNO2. The summed E-state index contributed by atoms with van der Waals surface area (Å²) in [5.41, 5.74) is 1.66. The minimum Gasteiger partial charge on any atom is -0.376 e. The van der Waals surface area contributed by atoms with Crippen LogP contribution < -0.4 is 0 Å². The highest BCUT2D eigenvalue weighted by Crippen LogP contribution is 2.15. The van der Waals surface area contributed by atoms with Crippen molar-refractivity contribution in [3.05, 3.63) is 35.4 Å². The number of ether oxygens (including phenoxy) is 1. The third-order valence-electron chi connectivity index (χ3n) is 3.43. The Bertz CT molecular complexity index is 430. The van der Waals surface area contributed by atoms with Crippen LogP contribution in [0.25, 0.3) is 0 Å². The smallest absolute Gasteiger partial charge is 0.253 e. The first kappa shape index (κ1) is 14.4. The summed E-state index contributed by atoms with van der Waals surface area (Å²) in [4.78, 5) is 14.1. The van der Waals surface area contributed by atoms with Crippen LogP contribution in [0.15, 0.2) is 24.3 Å². The third kappa shape index (κ3) is 3.95. The predicted molar refractivity (Wildman–Crippen MR) is 76.6 cm³/mol. The molecule has 0 radical (unpaired) electrons. The van der Waals surface area contributed by atoms with Crippen LogP contribution in [0.2, 0.25) is 0 Å². The van der Waals surface area contributed by atoms with Crippen molar-refractivity contribution < 1.29 is 9.53 Å². The van der Waals surface area contributed by atoms with Crippen molar-refractivity contribution in [3.63, 3.8) is 0 Å². The Hall–Kier alpha value is -1.06. The van der Waals surface area contributed by atoms with E-state index in [0.717, 1.165) is 25.0 Å². The van der Waals surface area contributed by atoms with Gasteiger partial charge in [0.2, 0.25) is 0 Å². The molecular weight excluding hydrogens is 262 g/mol. The molecule has 1 aliphatic rings. The first-order chi connectivity index (χ1) is 9.20. The van der Waals surface area contributed by atoms with Crippen LogP contribution in [0.4, 0.5) is 0 Å². The molecule has 1 aromatic rings. The van der Waals surface area contributed by atoms with Gasteiger partial charge in [0.1, 0.15) is 0 Å². The van der Waals surface area contributed by atoms with Gasteiger partial charge in [-0.15, -0.1) is 11.6 Å². The number of halogens is 1. The molecule has 104 valence electrons. The summed E-state index contributed by atoms with van der Waals surface area (Å²) in [6, 6.07) is 7.48. The molecule has 1 amide bonds. The summed E-state index contributed by atoms with van der Waals surface area (Å²) in [6.45, 7) is 1.47. The van der Waals surface area contributed by atoms with Gasteiger partial charge >= 0.3 is 0 Å². The maximum atomic E-state index is 12.3. The van der Waals surface area contributed by atoms with Crippen molar-refractivity contribution in [2.45, 2.75) is 31.2 Å². The molecule has 1 heterocycles. The van der Waals surface area contributed by atoms with Gasteiger partial charge in [-0.2, -0.15) is 0 Å². The van der Waals surface area contributed by atoms with E-state index in [-0.39, 0.29) is 12.0 Å². The number of nitrogens with zero attached hydrogens (tertiary/aromatic N) is 1. The lowest BCUT2D eigenvalue weighted by atomic mass is 10.1. The van der Waals surface area contributed by atoms with E-state index in [4.69, 9.17) is 16.3 Å². The summed E-state index contributed by atoms with van der Waals surface area (Å²) in [5.74, 6) is 0.456. The molecule has 1 saturated heterocycles. The molecule has 1 fully saturated rings. The molecule has 0 aliphatic carbocycles. The van der Waals surface area contributed by atoms with E-state index in [1.807, 2.05) is 31.3 Å². The molecule has 0 aromatic heterocycles. The van der Waals surface area contributed by atoms with E-state index in [9.17, 15) is 4.79 Å². The van der Waals surface area contributed by atoms with E-state index < -0.39 is 0 Å². The number of likely N-dealkylation sites (N-methyl/N-ethyl adjacent to an activating group) is 1. The Balaban J connectivity index is 1.97. The Kier molecular flexibility index (Phi) is 5.23. The van der Waals surface area contributed by atoms with E-state index in [2.05, 4.69) is 0 Å². The molecule has 0 saturated carbocycles. The second-order valence-corrected chi connectivity index (χ2v) is 5.28. The second-order valence-electron chi connectivity index (χ2n) is 5.01. The van der Waals surface area contributed by atoms with Crippen LogP contribution in [0, 0.1) is 0 Å². The molecule has 1 unspecified atom stereocenters. The Morgan fingerprint density at radius 2 is 2.32 bits per heavy atom. The molecule has 3 nitrogen and oxygen atoms in total. The standard InChI is InChI=1S/C15H20ClNO2/c1-17(11-14-7-2-3-8-19-14)15(18)13-6-4-5-12(9-13)10-16/h4-6,9,14H,2-3,7-8,10-11H2,1H3. The molecule has 0 spiro atoms. The molecule has 1 aliphatic heterocycles. The average Bonchev–Trinajstić information content (AvgIpc) is 2.47. The highest BCUT2D eigenvalue weighted by molar-refractivity contribution is 6.17. The topological polar surface area (TPSA) is 29.5 Å². The number of rotatable bonds is 4. The maximum Gasteiger partial charge on any atom is 0.253 e. The molecule has 2 rings (SSSR count).